The maximum atomic E-state index is 12.1. The number of methoxy groups -OCH3 is 1. The van der Waals surface area contributed by atoms with Gasteiger partial charge in [-0.1, -0.05) is 11.6 Å². The van der Waals surface area contributed by atoms with Crippen LogP contribution in [0.15, 0.2) is 47.4 Å². The Bertz CT molecular complexity index is 749. The quantitative estimate of drug-likeness (QED) is 0.575. The van der Waals surface area contributed by atoms with Gasteiger partial charge in [-0.15, -0.1) is 11.8 Å². The highest BCUT2D eigenvalue weighted by Crippen LogP contribution is 2.23. The van der Waals surface area contributed by atoms with E-state index >= 15 is 0 Å². The van der Waals surface area contributed by atoms with Crippen LogP contribution in [-0.4, -0.2) is 31.3 Å². The molecule has 0 unspecified atom stereocenters. The number of esters is 1. The number of carbonyl (C=O) groups is 2. The molecule has 0 spiro atoms. The van der Waals surface area contributed by atoms with Gasteiger partial charge in [-0.05, 0) is 49.4 Å². The van der Waals surface area contributed by atoms with Gasteiger partial charge in [0.2, 0.25) is 5.91 Å². The molecule has 25 heavy (non-hydrogen) atoms. The van der Waals surface area contributed by atoms with Crippen LogP contribution in [0.5, 0.6) is 5.75 Å². The van der Waals surface area contributed by atoms with Crippen LogP contribution in [0.3, 0.4) is 0 Å². The molecule has 2 rings (SSSR count). The minimum Gasteiger partial charge on any atom is -0.497 e. The van der Waals surface area contributed by atoms with E-state index in [0.717, 1.165) is 10.6 Å². The van der Waals surface area contributed by atoms with Crippen LogP contribution in [0, 0.1) is 0 Å². The average molecular weight is 380 g/mol. The molecule has 0 radical (unpaired) electrons. The summed E-state index contributed by atoms with van der Waals surface area (Å²) in [6.07, 6.45) is 0. The average Bonchev–Trinajstić information content (AvgIpc) is 2.62. The molecule has 0 aliphatic carbocycles. The Balaban J connectivity index is 1.95. The minimum absolute atomic E-state index is 0.182. The minimum atomic E-state index is -0.517. The molecule has 132 valence electrons. The standard InChI is InChI=1S/C18H18ClNO4S/c1-3-24-18(22)15-10-12(4-9-16(15)19)20-17(21)11-25-14-7-5-13(23-2)6-8-14/h4-10H,3,11H2,1-2H3,(H,20,21). The van der Waals surface area contributed by atoms with Gasteiger partial charge in [-0.25, -0.2) is 4.79 Å². The Morgan fingerprint density at radius 2 is 1.88 bits per heavy atom. The van der Waals surface area contributed by atoms with Gasteiger partial charge in [0.15, 0.2) is 0 Å². The summed E-state index contributed by atoms with van der Waals surface area (Å²) in [6, 6.07) is 12.2. The lowest BCUT2D eigenvalue weighted by Gasteiger charge is -2.09. The molecule has 0 saturated heterocycles. The van der Waals surface area contributed by atoms with E-state index in [9.17, 15) is 9.59 Å². The lowest BCUT2D eigenvalue weighted by molar-refractivity contribution is -0.113. The molecule has 7 heteroatoms. The Hall–Kier alpha value is -2.18. The van der Waals surface area contributed by atoms with Gasteiger partial charge in [-0.3, -0.25) is 4.79 Å². The molecule has 0 heterocycles. The van der Waals surface area contributed by atoms with Gasteiger partial charge in [0, 0.05) is 10.6 Å². The van der Waals surface area contributed by atoms with Crippen molar-refractivity contribution in [3.05, 3.63) is 53.1 Å². The zero-order valence-electron chi connectivity index (χ0n) is 13.9. The first kappa shape index (κ1) is 19.1. The second-order valence-electron chi connectivity index (χ2n) is 4.93. The SMILES string of the molecule is CCOC(=O)c1cc(NC(=O)CSc2ccc(OC)cc2)ccc1Cl. The summed E-state index contributed by atoms with van der Waals surface area (Å²) >= 11 is 7.40. The van der Waals surface area contributed by atoms with E-state index in [1.54, 1.807) is 26.2 Å². The predicted octanol–water partition coefficient (Wildman–Crippen LogP) is 4.26. The number of rotatable bonds is 7. The van der Waals surface area contributed by atoms with Crippen molar-refractivity contribution in [1.29, 1.82) is 0 Å². The van der Waals surface area contributed by atoms with Crippen LogP contribution >= 0.6 is 23.4 Å². The molecular weight excluding hydrogens is 362 g/mol. The summed E-state index contributed by atoms with van der Waals surface area (Å²) in [7, 11) is 1.60. The van der Waals surface area contributed by atoms with E-state index in [4.69, 9.17) is 21.1 Å². The molecule has 2 aromatic carbocycles. The van der Waals surface area contributed by atoms with Crippen molar-refractivity contribution in [3.8, 4) is 5.75 Å². The van der Waals surface area contributed by atoms with Gasteiger partial charge in [-0.2, -0.15) is 0 Å². The summed E-state index contributed by atoms with van der Waals surface area (Å²) < 4.78 is 10.0. The Kier molecular flexibility index (Phi) is 7.16. The lowest BCUT2D eigenvalue weighted by Crippen LogP contribution is -2.15. The van der Waals surface area contributed by atoms with E-state index < -0.39 is 5.97 Å². The van der Waals surface area contributed by atoms with Crippen LogP contribution < -0.4 is 10.1 Å². The van der Waals surface area contributed by atoms with Crippen LogP contribution in [-0.2, 0) is 9.53 Å². The zero-order valence-corrected chi connectivity index (χ0v) is 15.4. The molecule has 0 aliphatic rings. The summed E-state index contributed by atoms with van der Waals surface area (Å²) in [5.74, 6) is 0.305. The van der Waals surface area contributed by atoms with Crippen LogP contribution in [0.4, 0.5) is 5.69 Å². The first-order valence-electron chi connectivity index (χ1n) is 7.57. The van der Waals surface area contributed by atoms with Crippen molar-refractivity contribution in [2.24, 2.45) is 0 Å². The fourth-order valence-electron chi connectivity index (χ4n) is 1.99. The lowest BCUT2D eigenvalue weighted by atomic mass is 10.2. The fourth-order valence-corrected chi connectivity index (χ4v) is 2.88. The second-order valence-corrected chi connectivity index (χ2v) is 6.38. The van der Waals surface area contributed by atoms with Gasteiger partial charge in [0.25, 0.3) is 0 Å². The Labute approximate surface area is 155 Å². The summed E-state index contributed by atoms with van der Waals surface area (Å²) in [5.41, 5.74) is 0.719. The Morgan fingerprint density at radius 1 is 1.16 bits per heavy atom. The van der Waals surface area contributed by atoms with Crippen molar-refractivity contribution in [2.75, 3.05) is 24.8 Å². The molecule has 5 nitrogen and oxygen atoms in total. The van der Waals surface area contributed by atoms with Crippen LogP contribution in [0.25, 0.3) is 0 Å². The van der Waals surface area contributed by atoms with Crippen LogP contribution in [0.2, 0.25) is 5.02 Å². The monoisotopic (exact) mass is 379 g/mol. The number of hydrogen-bond donors (Lipinski definition) is 1. The summed E-state index contributed by atoms with van der Waals surface area (Å²) in [6.45, 7) is 1.97. The first-order valence-corrected chi connectivity index (χ1v) is 8.93. The van der Waals surface area contributed by atoms with E-state index in [2.05, 4.69) is 5.32 Å². The van der Waals surface area contributed by atoms with Crippen molar-refractivity contribution in [3.63, 3.8) is 0 Å². The van der Waals surface area contributed by atoms with Crippen molar-refractivity contribution in [2.45, 2.75) is 11.8 Å². The normalized spacial score (nSPS) is 10.2. The third kappa shape index (κ3) is 5.69. The second kappa shape index (κ2) is 9.34. The number of amides is 1. The molecule has 0 atom stereocenters. The van der Waals surface area contributed by atoms with E-state index in [-0.39, 0.29) is 28.9 Å². The highest BCUT2D eigenvalue weighted by Gasteiger charge is 2.13. The van der Waals surface area contributed by atoms with Crippen molar-refractivity contribution in [1.82, 2.24) is 0 Å². The fraction of sp³-hybridized carbons (Fsp3) is 0.222. The molecule has 0 aromatic heterocycles. The molecule has 2 aromatic rings. The number of thioether (sulfide) groups is 1. The topological polar surface area (TPSA) is 64.6 Å². The molecule has 0 bridgehead atoms. The molecule has 0 saturated carbocycles. The van der Waals surface area contributed by atoms with Crippen molar-refractivity contribution < 1.29 is 19.1 Å². The summed E-state index contributed by atoms with van der Waals surface area (Å²) in [4.78, 5) is 24.9. The molecule has 1 amide bonds. The van der Waals surface area contributed by atoms with Crippen molar-refractivity contribution >= 4 is 40.9 Å². The predicted molar refractivity (Wildman–Crippen MR) is 99.8 cm³/mol. The molecular formula is C18H18ClNO4S. The third-order valence-electron chi connectivity index (χ3n) is 3.17. The maximum absolute atomic E-state index is 12.1. The van der Waals surface area contributed by atoms with E-state index in [1.807, 2.05) is 24.3 Å². The van der Waals surface area contributed by atoms with Gasteiger partial charge in [0.1, 0.15) is 5.75 Å². The van der Waals surface area contributed by atoms with Gasteiger partial charge < -0.3 is 14.8 Å². The molecule has 0 fully saturated rings. The number of hydrogen-bond acceptors (Lipinski definition) is 5. The number of benzene rings is 2. The maximum Gasteiger partial charge on any atom is 0.339 e. The third-order valence-corrected chi connectivity index (χ3v) is 4.52. The smallest absolute Gasteiger partial charge is 0.339 e. The van der Waals surface area contributed by atoms with Gasteiger partial charge >= 0.3 is 5.97 Å². The largest absolute Gasteiger partial charge is 0.497 e. The highest BCUT2D eigenvalue weighted by molar-refractivity contribution is 8.00. The number of carbonyl (C=O) groups excluding carboxylic acids is 2. The number of nitrogens with one attached hydrogen (secondary N) is 1. The number of halogens is 1. The number of ether oxygens (including phenoxy) is 2. The molecule has 0 aliphatic heterocycles. The van der Waals surface area contributed by atoms with Gasteiger partial charge in [0.05, 0.1) is 30.1 Å². The number of anilines is 1. The van der Waals surface area contributed by atoms with Crippen LogP contribution in [0.1, 0.15) is 17.3 Å². The Morgan fingerprint density at radius 3 is 2.52 bits per heavy atom. The summed E-state index contributed by atoms with van der Waals surface area (Å²) in [5, 5.41) is 3.03. The van der Waals surface area contributed by atoms with E-state index in [0.29, 0.717) is 5.69 Å². The highest BCUT2D eigenvalue weighted by atomic mass is 35.5. The first-order chi connectivity index (χ1) is 12.0. The zero-order chi connectivity index (χ0) is 18.2. The molecule has 1 N–H and O–H groups in total. The van der Waals surface area contributed by atoms with E-state index in [1.165, 1.54) is 17.8 Å².